The molecule has 0 saturated carbocycles. The van der Waals surface area contributed by atoms with Gasteiger partial charge in [-0.15, -0.1) is 0 Å². The molecular weight excluding hydrogens is 841 g/mol. The number of fused-ring (bicyclic) bond motifs is 14. The van der Waals surface area contributed by atoms with Crippen molar-refractivity contribution in [3.05, 3.63) is 270 Å². The molecule has 1 spiro atoms. The quantitative estimate of drug-likeness (QED) is 0.164. The molecule has 0 N–H and O–H groups in total. The summed E-state index contributed by atoms with van der Waals surface area (Å²) in [6.45, 7) is 0. The molecule has 0 amide bonds. The van der Waals surface area contributed by atoms with Gasteiger partial charge in [-0.25, -0.2) is 0 Å². The van der Waals surface area contributed by atoms with Crippen LogP contribution in [0.3, 0.4) is 0 Å². The second-order valence-electron chi connectivity index (χ2n) is 18.1. The molecule has 2 heterocycles. The molecule has 1 unspecified atom stereocenters. The van der Waals surface area contributed by atoms with E-state index in [2.05, 4.69) is 246 Å². The SMILES string of the molecule is c1ccc2c(c#1)C1(c3ccccc3S2)c2cc(N(c3ccc(-c4ccc5c(c4)c4ccccc4n5-c4ccccc4)cc3)c3ccccc3-c3ccccc3)ccc2-c2ccc3c(c21)CCC=C3. The van der Waals surface area contributed by atoms with E-state index in [-0.39, 0.29) is 0 Å². The summed E-state index contributed by atoms with van der Waals surface area (Å²) in [6, 6.07) is 87.8. The molecule has 0 saturated heterocycles. The van der Waals surface area contributed by atoms with E-state index in [0.29, 0.717) is 0 Å². The Morgan fingerprint density at radius 3 is 2.15 bits per heavy atom. The fraction of sp³-hybridized carbons (Fsp3) is 0.0462. The molecule has 0 bridgehead atoms. The molecule has 3 aliphatic rings. The van der Waals surface area contributed by atoms with Crippen LogP contribution in [0.4, 0.5) is 17.1 Å². The Kier molecular flexibility index (Phi) is 8.81. The fourth-order valence-corrected chi connectivity index (χ4v) is 12.9. The second-order valence-corrected chi connectivity index (χ2v) is 19.2. The minimum Gasteiger partial charge on any atom is -0.310 e. The van der Waals surface area contributed by atoms with Crippen LogP contribution in [-0.2, 0) is 11.8 Å². The van der Waals surface area contributed by atoms with Crippen LogP contribution in [0.5, 0.6) is 0 Å². The van der Waals surface area contributed by atoms with Gasteiger partial charge < -0.3 is 9.47 Å². The van der Waals surface area contributed by atoms with Gasteiger partial charge in [-0.2, -0.15) is 0 Å². The number of allylic oxidation sites excluding steroid dienone is 1. The van der Waals surface area contributed by atoms with Crippen LogP contribution in [0.25, 0.3) is 66.9 Å². The third-order valence-corrected chi connectivity index (χ3v) is 15.7. The molecule has 0 fully saturated rings. The summed E-state index contributed by atoms with van der Waals surface area (Å²) in [4.78, 5) is 5.00. The molecule has 1 aliphatic heterocycles. The van der Waals surface area contributed by atoms with Crippen molar-refractivity contribution >= 4 is 56.7 Å². The molecule has 14 rings (SSSR count). The van der Waals surface area contributed by atoms with Crippen molar-refractivity contribution in [2.24, 2.45) is 0 Å². The highest BCUT2D eigenvalue weighted by Gasteiger charge is 2.52. The number of hydrogen-bond donors (Lipinski definition) is 0. The first-order valence-corrected chi connectivity index (χ1v) is 24.4. The minimum absolute atomic E-state index is 0.580. The maximum atomic E-state index is 3.77. The maximum absolute atomic E-state index is 3.77. The van der Waals surface area contributed by atoms with E-state index in [1.165, 1.54) is 98.4 Å². The molecule has 68 heavy (non-hydrogen) atoms. The Balaban J connectivity index is 0.975. The number of nitrogens with zero attached hydrogens (tertiary/aromatic N) is 2. The Hall–Kier alpha value is -8.29. The number of rotatable bonds is 6. The highest BCUT2D eigenvalue weighted by Crippen LogP contribution is 2.64. The number of aromatic nitrogens is 1. The van der Waals surface area contributed by atoms with Crippen molar-refractivity contribution in [1.29, 1.82) is 0 Å². The lowest BCUT2D eigenvalue weighted by atomic mass is 9.65. The number of benzene rings is 9. The normalized spacial score (nSPS) is 13.6. The van der Waals surface area contributed by atoms with Crippen LogP contribution in [0.15, 0.2) is 234 Å². The Morgan fingerprint density at radius 2 is 1.25 bits per heavy atom. The van der Waals surface area contributed by atoms with Gasteiger partial charge in [0.15, 0.2) is 0 Å². The van der Waals surface area contributed by atoms with Crippen LogP contribution in [0, 0.1) is 12.1 Å². The van der Waals surface area contributed by atoms with E-state index in [4.69, 9.17) is 0 Å². The lowest BCUT2D eigenvalue weighted by Crippen LogP contribution is -2.33. The van der Waals surface area contributed by atoms with Crippen molar-refractivity contribution in [3.8, 4) is 39.1 Å². The van der Waals surface area contributed by atoms with Gasteiger partial charge in [0.05, 0.1) is 22.1 Å². The number of para-hydroxylation sites is 3. The molecule has 10 aromatic carbocycles. The first-order valence-electron chi connectivity index (χ1n) is 23.6. The van der Waals surface area contributed by atoms with Gasteiger partial charge in [0.25, 0.3) is 0 Å². The lowest BCUT2D eigenvalue weighted by Gasteiger charge is -2.40. The zero-order valence-electron chi connectivity index (χ0n) is 37.2. The summed E-state index contributed by atoms with van der Waals surface area (Å²) in [7, 11) is 0. The molecule has 2 nitrogen and oxygen atoms in total. The largest absolute Gasteiger partial charge is 0.310 e. The van der Waals surface area contributed by atoms with Crippen LogP contribution >= 0.6 is 11.8 Å². The van der Waals surface area contributed by atoms with Gasteiger partial charge in [-0.3, -0.25) is 0 Å². The van der Waals surface area contributed by atoms with E-state index in [9.17, 15) is 0 Å². The molecular formula is C65H42N2S. The van der Waals surface area contributed by atoms with E-state index in [1.54, 1.807) is 0 Å². The van der Waals surface area contributed by atoms with E-state index >= 15 is 0 Å². The Labute approximate surface area is 401 Å². The average Bonchev–Trinajstić information content (AvgIpc) is 3.90. The molecule has 3 heteroatoms. The maximum Gasteiger partial charge on any atom is 0.0818 e. The van der Waals surface area contributed by atoms with E-state index in [1.807, 2.05) is 17.8 Å². The average molecular weight is 883 g/mol. The fourth-order valence-electron chi connectivity index (χ4n) is 11.7. The first kappa shape index (κ1) is 38.9. The zero-order valence-corrected chi connectivity index (χ0v) is 38.0. The van der Waals surface area contributed by atoms with Crippen LogP contribution < -0.4 is 4.90 Å². The minimum atomic E-state index is -0.580. The zero-order chi connectivity index (χ0) is 44.8. The van der Waals surface area contributed by atoms with E-state index in [0.717, 1.165) is 35.6 Å². The highest BCUT2D eigenvalue weighted by atomic mass is 32.2. The van der Waals surface area contributed by atoms with Crippen LogP contribution in [-0.4, -0.2) is 4.57 Å². The van der Waals surface area contributed by atoms with Crippen LogP contribution in [0.1, 0.15) is 39.8 Å². The standard InChI is InChI=1S/C65H42N2S/c1-3-17-44(18-4-1)50-22-9-13-27-59(50)66(48-35-31-43(32-36-48)46-34-40-61-55(41-46)53-24-10-14-28-60(53)67(61)47-20-5-2-6-21-47)49-37-39-52-54-38-33-45-19-7-8-23-51(45)64(54)65(58(52)42-49)56-25-11-15-29-62(56)68-63-30-16-12-26-57(63)65/h1-7,9-11,13-22,24-25,27-42H,8,23H2. The summed E-state index contributed by atoms with van der Waals surface area (Å²) in [6.07, 6.45) is 6.69. The third-order valence-electron chi connectivity index (χ3n) is 14.6. The molecule has 2 aliphatic carbocycles. The topological polar surface area (TPSA) is 8.17 Å². The molecule has 11 aromatic rings. The molecule has 0 radical (unpaired) electrons. The van der Waals surface area contributed by atoms with Gasteiger partial charge in [-0.05, 0) is 147 Å². The summed E-state index contributed by atoms with van der Waals surface area (Å²) >= 11 is 1.86. The smallest absolute Gasteiger partial charge is 0.0818 e. The van der Waals surface area contributed by atoms with Gasteiger partial charge in [0, 0.05) is 48.8 Å². The molecule has 1 atom stereocenters. The van der Waals surface area contributed by atoms with Gasteiger partial charge >= 0.3 is 0 Å². The summed E-state index contributed by atoms with van der Waals surface area (Å²) in [5, 5.41) is 2.49. The van der Waals surface area contributed by atoms with Gasteiger partial charge in [0.2, 0.25) is 0 Å². The number of anilines is 3. The summed E-state index contributed by atoms with van der Waals surface area (Å²) in [5.41, 5.74) is 21.6. The third kappa shape index (κ3) is 5.75. The van der Waals surface area contributed by atoms with Crippen molar-refractivity contribution in [2.45, 2.75) is 28.0 Å². The van der Waals surface area contributed by atoms with Crippen molar-refractivity contribution in [2.75, 3.05) is 4.90 Å². The van der Waals surface area contributed by atoms with E-state index < -0.39 is 5.41 Å². The predicted molar refractivity (Wildman–Crippen MR) is 283 cm³/mol. The van der Waals surface area contributed by atoms with Crippen molar-refractivity contribution < 1.29 is 0 Å². The lowest BCUT2D eigenvalue weighted by molar-refractivity contribution is 0.709. The van der Waals surface area contributed by atoms with Crippen LogP contribution in [0.2, 0.25) is 0 Å². The first-order chi connectivity index (χ1) is 33.7. The summed E-state index contributed by atoms with van der Waals surface area (Å²) in [5.74, 6) is 0. The second kappa shape index (κ2) is 15.4. The van der Waals surface area contributed by atoms with Gasteiger partial charge in [0.1, 0.15) is 0 Å². The predicted octanol–water partition coefficient (Wildman–Crippen LogP) is 17.0. The Morgan fingerprint density at radius 1 is 0.515 bits per heavy atom. The summed E-state index contributed by atoms with van der Waals surface area (Å²) < 4.78 is 2.38. The molecule has 1 aromatic heterocycles. The highest BCUT2D eigenvalue weighted by molar-refractivity contribution is 7.99. The molecule has 318 valence electrons. The number of hydrogen-bond acceptors (Lipinski definition) is 2. The van der Waals surface area contributed by atoms with Gasteiger partial charge in [-0.1, -0.05) is 176 Å². The monoisotopic (exact) mass is 882 g/mol. The Bertz CT molecular complexity index is 3780. The van der Waals surface area contributed by atoms with Crippen molar-refractivity contribution in [1.82, 2.24) is 4.57 Å². The van der Waals surface area contributed by atoms with Crippen molar-refractivity contribution in [3.63, 3.8) is 0 Å².